The van der Waals surface area contributed by atoms with Crippen molar-refractivity contribution < 1.29 is 4.79 Å². The van der Waals surface area contributed by atoms with Gasteiger partial charge in [-0.15, -0.1) is 0 Å². The first kappa shape index (κ1) is 17.2. The summed E-state index contributed by atoms with van der Waals surface area (Å²) in [5.74, 6) is 1.42. The van der Waals surface area contributed by atoms with Crippen molar-refractivity contribution in [3.63, 3.8) is 0 Å². The van der Waals surface area contributed by atoms with E-state index in [0.29, 0.717) is 30.2 Å². The highest BCUT2D eigenvalue weighted by atomic mass is 16.2. The van der Waals surface area contributed by atoms with Crippen LogP contribution in [0.3, 0.4) is 0 Å². The van der Waals surface area contributed by atoms with Gasteiger partial charge < -0.3 is 14.8 Å². The maximum atomic E-state index is 12.0. The van der Waals surface area contributed by atoms with Gasteiger partial charge >= 0.3 is 0 Å². The fourth-order valence-corrected chi connectivity index (χ4v) is 4.12. The van der Waals surface area contributed by atoms with Gasteiger partial charge in [-0.3, -0.25) is 9.59 Å². The van der Waals surface area contributed by atoms with Crippen molar-refractivity contribution in [2.45, 2.75) is 51.5 Å². The van der Waals surface area contributed by atoms with Gasteiger partial charge in [-0.05, 0) is 69.7 Å². The van der Waals surface area contributed by atoms with E-state index in [1.807, 2.05) is 11.0 Å². The third-order valence-electron chi connectivity index (χ3n) is 5.54. The molecule has 0 aromatic carbocycles. The van der Waals surface area contributed by atoms with Crippen LogP contribution < -0.4 is 5.56 Å². The normalized spacial score (nSPS) is 23.9. The van der Waals surface area contributed by atoms with Crippen LogP contribution in [0.1, 0.15) is 51.0 Å². The van der Waals surface area contributed by atoms with Crippen molar-refractivity contribution in [1.29, 1.82) is 0 Å². The first-order valence-corrected chi connectivity index (χ1v) is 9.23. The summed E-state index contributed by atoms with van der Waals surface area (Å²) in [6.45, 7) is 8.39. The van der Waals surface area contributed by atoms with Gasteiger partial charge in [0.15, 0.2) is 0 Å². The SMILES string of the molecule is CC(C)N1CC(CN2CCC(c3cc[nH]c(=O)c3)CC2)CCC1=O. The number of pyridine rings is 1. The average Bonchev–Trinajstić information content (AvgIpc) is 2.57. The predicted octanol–water partition coefficient (Wildman–Crippen LogP) is 2.20. The second kappa shape index (κ2) is 7.51. The highest BCUT2D eigenvalue weighted by Gasteiger charge is 2.29. The number of piperidine rings is 2. The highest BCUT2D eigenvalue weighted by molar-refractivity contribution is 5.77. The number of aromatic amines is 1. The molecule has 5 heteroatoms. The van der Waals surface area contributed by atoms with Crippen molar-refractivity contribution >= 4 is 5.91 Å². The van der Waals surface area contributed by atoms with Crippen LogP contribution in [-0.4, -0.2) is 52.9 Å². The van der Waals surface area contributed by atoms with E-state index >= 15 is 0 Å². The zero-order valence-electron chi connectivity index (χ0n) is 14.8. The molecule has 3 heterocycles. The lowest BCUT2D eigenvalue weighted by Gasteiger charge is -2.39. The average molecular weight is 331 g/mol. The Bertz CT molecular complexity index is 617. The summed E-state index contributed by atoms with van der Waals surface area (Å²) in [6, 6.07) is 4.09. The molecule has 2 aliphatic rings. The second-order valence-corrected chi connectivity index (χ2v) is 7.61. The zero-order chi connectivity index (χ0) is 17.1. The number of carbonyl (C=O) groups excluding carboxylic acids is 1. The highest BCUT2D eigenvalue weighted by Crippen LogP contribution is 2.28. The number of likely N-dealkylation sites (tertiary alicyclic amines) is 2. The van der Waals surface area contributed by atoms with Crippen LogP contribution in [0.15, 0.2) is 23.1 Å². The van der Waals surface area contributed by atoms with Crippen molar-refractivity contribution in [2.75, 3.05) is 26.2 Å². The van der Waals surface area contributed by atoms with E-state index in [4.69, 9.17) is 0 Å². The molecule has 1 aromatic rings. The van der Waals surface area contributed by atoms with Crippen LogP contribution in [0.5, 0.6) is 0 Å². The Kier molecular flexibility index (Phi) is 5.39. The lowest BCUT2D eigenvalue weighted by molar-refractivity contribution is -0.137. The zero-order valence-corrected chi connectivity index (χ0v) is 14.8. The lowest BCUT2D eigenvalue weighted by atomic mass is 9.89. The third-order valence-corrected chi connectivity index (χ3v) is 5.54. The molecule has 1 N–H and O–H groups in total. The van der Waals surface area contributed by atoms with Crippen LogP contribution in [0.4, 0.5) is 0 Å². The molecule has 1 amide bonds. The van der Waals surface area contributed by atoms with E-state index in [2.05, 4.69) is 23.7 Å². The second-order valence-electron chi connectivity index (χ2n) is 7.61. The third kappa shape index (κ3) is 4.07. The number of hydrogen-bond acceptors (Lipinski definition) is 3. The number of hydrogen-bond donors (Lipinski definition) is 1. The van der Waals surface area contributed by atoms with E-state index < -0.39 is 0 Å². The Morgan fingerprint density at radius 2 is 1.96 bits per heavy atom. The Hall–Kier alpha value is -1.62. The van der Waals surface area contributed by atoms with Gasteiger partial charge in [-0.2, -0.15) is 0 Å². The molecule has 1 atom stereocenters. The molecule has 0 radical (unpaired) electrons. The van der Waals surface area contributed by atoms with Crippen molar-refractivity contribution in [3.8, 4) is 0 Å². The van der Waals surface area contributed by atoms with Gasteiger partial charge in [-0.25, -0.2) is 0 Å². The van der Waals surface area contributed by atoms with Crippen molar-refractivity contribution in [2.24, 2.45) is 5.92 Å². The Balaban J connectivity index is 1.50. The quantitative estimate of drug-likeness (QED) is 0.920. The van der Waals surface area contributed by atoms with Crippen LogP contribution in [-0.2, 0) is 4.79 Å². The van der Waals surface area contributed by atoms with Crippen molar-refractivity contribution in [1.82, 2.24) is 14.8 Å². The molecule has 2 aliphatic heterocycles. The van der Waals surface area contributed by atoms with Gasteiger partial charge in [0.1, 0.15) is 0 Å². The number of carbonyl (C=O) groups is 1. The number of H-pyrrole nitrogens is 1. The van der Waals surface area contributed by atoms with Crippen LogP contribution in [0.25, 0.3) is 0 Å². The monoisotopic (exact) mass is 331 g/mol. The van der Waals surface area contributed by atoms with Gasteiger partial charge in [0.25, 0.3) is 0 Å². The fraction of sp³-hybridized carbons (Fsp3) is 0.684. The molecule has 0 spiro atoms. The summed E-state index contributed by atoms with van der Waals surface area (Å²) in [6.07, 6.45) is 5.71. The summed E-state index contributed by atoms with van der Waals surface area (Å²) in [5.41, 5.74) is 1.17. The minimum atomic E-state index is -0.00409. The molecule has 2 fully saturated rings. The first-order chi connectivity index (χ1) is 11.5. The van der Waals surface area contributed by atoms with Crippen LogP contribution in [0.2, 0.25) is 0 Å². The minimum absolute atomic E-state index is 0.00409. The lowest BCUT2D eigenvalue weighted by Crippen LogP contribution is -2.47. The molecule has 2 saturated heterocycles. The number of rotatable bonds is 4. The van der Waals surface area contributed by atoms with Gasteiger partial charge in [-0.1, -0.05) is 0 Å². The molecular formula is C19H29N3O2. The summed E-state index contributed by atoms with van der Waals surface area (Å²) in [4.78, 5) is 30.7. The van der Waals surface area contributed by atoms with E-state index in [9.17, 15) is 9.59 Å². The van der Waals surface area contributed by atoms with Crippen molar-refractivity contribution in [3.05, 3.63) is 34.2 Å². The fourth-order valence-electron chi connectivity index (χ4n) is 4.12. The van der Waals surface area contributed by atoms with Crippen LogP contribution in [0, 0.1) is 5.92 Å². The summed E-state index contributed by atoms with van der Waals surface area (Å²) >= 11 is 0. The Morgan fingerprint density at radius 3 is 2.62 bits per heavy atom. The van der Waals surface area contributed by atoms with E-state index in [1.54, 1.807) is 12.3 Å². The molecule has 0 bridgehead atoms. The van der Waals surface area contributed by atoms with Gasteiger partial charge in [0.05, 0.1) is 0 Å². The van der Waals surface area contributed by atoms with Crippen LogP contribution >= 0.6 is 0 Å². The number of amides is 1. The van der Waals surface area contributed by atoms with E-state index in [-0.39, 0.29) is 5.56 Å². The molecule has 24 heavy (non-hydrogen) atoms. The standard InChI is InChI=1S/C19H29N3O2/c1-14(2)22-13-15(3-4-19(22)24)12-21-9-6-16(7-10-21)17-5-8-20-18(23)11-17/h5,8,11,14-16H,3-4,6-7,9-10,12-13H2,1-2H3,(H,20,23). The van der Waals surface area contributed by atoms with E-state index in [0.717, 1.165) is 45.4 Å². The molecular weight excluding hydrogens is 302 g/mol. The summed E-state index contributed by atoms with van der Waals surface area (Å²) < 4.78 is 0. The number of aromatic nitrogens is 1. The number of nitrogens with zero attached hydrogens (tertiary/aromatic N) is 2. The topological polar surface area (TPSA) is 56.4 Å². The smallest absolute Gasteiger partial charge is 0.248 e. The molecule has 5 nitrogen and oxygen atoms in total. The van der Waals surface area contributed by atoms with Gasteiger partial charge in [0.2, 0.25) is 11.5 Å². The molecule has 1 unspecified atom stereocenters. The summed E-state index contributed by atoms with van der Waals surface area (Å²) in [5, 5.41) is 0. The molecule has 3 rings (SSSR count). The largest absolute Gasteiger partial charge is 0.340 e. The first-order valence-electron chi connectivity index (χ1n) is 9.23. The maximum absolute atomic E-state index is 12.0. The molecule has 0 aliphatic carbocycles. The number of nitrogens with one attached hydrogen (secondary N) is 1. The Morgan fingerprint density at radius 1 is 1.21 bits per heavy atom. The van der Waals surface area contributed by atoms with Gasteiger partial charge in [0, 0.05) is 37.8 Å². The molecule has 0 saturated carbocycles. The molecule has 132 valence electrons. The Labute approximate surface area is 144 Å². The predicted molar refractivity (Wildman–Crippen MR) is 95.1 cm³/mol. The minimum Gasteiger partial charge on any atom is -0.340 e. The molecule has 1 aromatic heterocycles. The summed E-state index contributed by atoms with van der Waals surface area (Å²) in [7, 11) is 0. The van der Waals surface area contributed by atoms with E-state index in [1.165, 1.54) is 5.56 Å². The maximum Gasteiger partial charge on any atom is 0.248 e.